The Bertz CT molecular complexity index is 473. The normalized spacial score (nSPS) is 11.8. The van der Waals surface area contributed by atoms with Crippen molar-refractivity contribution in [3.05, 3.63) is 18.3 Å². The number of sulfonamides is 1. The molecule has 0 radical (unpaired) electrons. The SMILES string of the molecule is CC(C)COCCNS(=O)(=O)c1ccc(NN)nc1. The van der Waals surface area contributed by atoms with Gasteiger partial charge < -0.3 is 10.2 Å². The zero-order valence-electron chi connectivity index (χ0n) is 11.1. The smallest absolute Gasteiger partial charge is 0.242 e. The summed E-state index contributed by atoms with van der Waals surface area (Å²) < 4.78 is 31.5. The summed E-state index contributed by atoms with van der Waals surface area (Å²) in [6.45, 7) is 5.24. The van der Waals surface area contributed by atoms with Crippen LogP contribution in [0, 0.1) is 5.92 Å². The molecule has 7 nitrogen and oxygen atoms in total. The summed E-state index contributed by atoms with van der Waals surface area (Å²) in [5.74, 6) is 5.98. The molecule has 0 saturated carbocycles. The zero-order valence-corrected chi connectivity index (χ0v) is 11.9. The maximum Gasteiger partial charge on any atom is 0.242 e. The molecule has 0 atom stereocenters. The highest BCUT2D eigenvalue weighted by Gasteiger charge is 2.13. The second-order valence-electron chi connectivity index (χ2n) is 4.39. The molecule has 0 fully saturated rings. The van der Waals surface area contributed by atoms with Crippen molar-refractivity contribution in [3.63, 3.8) is 0 Å². The predicted octanol–water partition coefficient (Wildman–Crippen LogP) is 0.318. The van der Waals surface area contributed by atoms with Crippen LogP contribution >= 0.6 is 0 Å². The molecule has 0 aliphatic rings. The molecular weight excluding hydrogens is 268 g/mol. The van der Waals surface area contributed by atoms with Crippen LogP contribution < -0.4 is 16.0 Å². The molecule has 0 amide bonds. The van der Waals surface area contributed by atoms with Gasteiger partial charge in [-0.3, -0.25) is 0 Å². The Morgan fingerprint density at radius 2 is 2.16 bits per heavy atom. The number of hydrogen-bond donors (Lipinski definition) is 3. The van der Waals surface area contributed by atoms with Gasteiger partial charge in [0.2, 0.25) is 10.0 Å². The molecular formula is C11H20N4O3S. The molecule has 0 bridgehead atoms. The molecule has 108 valence electrons. The van der Waals surface area contributed by atoms with E-state index in [0.29, 0.717) is 24.9 Å². The van der Waals surface area contributed by atoms with Crippen LogP contribution in [0.3, 0.4) is 0 Å². The van der Waals surface area contributed by atoms with E-state index in [9.17, 15) is 8.42 Å². The number of nitrogens with one attached hydrogen (secondary N) is 2. The highest BCUT2D eigenvalue weighted by molar-refractivity contribution is 7.89. The number of rotatable bonds is 8. The number of aromatic nitrogens is 1. The molecule has 1 rings (SSSR count). The van der Waals surface area contributed by atoms with Crippen LogP contribution in [-0.2, 0) is 14.8 Å². The molecule has 1 aromatic heterocycles. The molecule has 0 saturated heterocycles. The molecule has 0 spiro atoms. The number of nitrogen functional groups attached to an aromatic ring is 1. The first-order valence-electron chi connectivity index (χ1n) is 5.96. The van der Waals surface area contributed by atoms with Gasteiger partial charge in [-0.1, -0.05) is 13.8 Å². The summed E-state index contributed by atoms with van der Waals surface area (Å²) in [5, 5.41) is 0. The van der Waals surface area contributed by atoms with Crippen LogP contribution in [0.4, 0.5) is 5.82 Å². The molecule has 0 aromatic carbocycles. The van der Waals surface area contributed by atoms with Gasteiger partial charge >= 0.3 is 0 Å². The average molecular weight is 288 g/mol. The lowest BCUT2D eigenvalue weighted by atomic mass is 10.2. The van der Waals surface area contributed by atoms with Gasteiger partial charge in [0.05, 0.1) is 6.61 Å². The van der Waals surface area contributed by atoms with Gasteiger partial charge in [-0.25, -0.2) is 24.0 Å². The van der Waals surface area contributed by atoms with Gasteiger partial charge in [-0.2, -0.15) is 0 Å². The standard InChI is InChI=1S/C11H20N4O3S/c1-9(2)8-18-6-5-14-19(16,17)10-3-4-11(15-12)13-7-10/h3-4,7,9,14H,5-6,8,12H2,1-2H3,(H,13,15). The summed E-state index contributed by atoms with van der Waals surface area (Å²) in [6, 6.07) is 2.92. The first-order valence-corrected chi connectivity index (χ1v) is 7.44. The van der Waals surface area contributed by atoms with Crippen molar-refractivity contribution in [3.8, 4) is 0 Å². The Morgan fingerprint density at radius 3 is 2.68 bits per heavy atom. The third-order valence-electron chi connectivity index (χ3n) is 2.18. The Morgan fingerprint density at radius 1 is 1.42 bits per heavy atom. The van der Waals surface area contributed by atoms with E-state index >= 15 is 0 Å². The monoisotopic (exact) mass is 288 g/mol. The summed E-state index contributed by atoms with van der Waals surface area (Å²) >= 11 is 0. The van der Waals surface area contributed by atoms with Gasteiger partial charge in [0.1, 0.15) is 10.7 Å². The van der Waals surface area contributed by atoms with Crippen molar-refractivity contribution >= 4 is 15.8 Å². The summed E-state index contributed by atoms with van der Waals surface area (Å²) in [7, 11) is -3.55. The topological polar surface area (TPSA) is 106 Å². The summed E-state index contributed by atoms with van der Waals surface area (Å²) in [6.07, 6.45) is 1.24. The number of pyridine rings is 1. The second-order valence-corrected chi connectivity index (χ2v) is 6.16. The molecule has 4 N–H and O–H groups in total. The van der Waals surface area contributed by atoms with E-state index in [0.717, 1.165) is 0 Å². The Hall–Kier alpha value is -1.22. The first kappa shape index (κ1) is 15.8. The fourth-order valence-electron chi connectivity index (χ4n) is 1.28. The highest BCUT2D eigenvalue weighted by atomic mass is 32.2. The van der Waals surface area contributed by atoms with Crippen molar-refractivity contribution in [2.24, 2.45) is 11.8 Å². The second kappa shape index (κ2) is 7.39. The van der Waals surface area contributed by atoms with Gasteiger partial charge in [0.25, 0.3) is 0 Å². The molecule has 0 aliphatic heterocycles. The third-order valence-corrected chi connectivity index (χ3v) is 3.63. The molecule has 1 aromatic rings. The van der Waals surface area contributed by atoms with Crippen molar-refractivity contribution in [1.29, 1.82) is 0 Å². The molecule has 1 heterocycles. The maximum absolute atomic E-state index is 11.9. The fourth-order valence-corrected chi connectivity index (χ4v) is 2.23. The number of anilines is 1. The summed E-state index contributed by atoms with van der Waals surface area (Å²) in [5.41, 5.74) is 2.33. The van der Waals surface area contributed by atoms with E-state index in [-0.39, 0.29) is 11.4 Å². The average Bonchev–Trinajstić information content (AvgIpc) is 2.38. The van der Waals surface area contributed by atoms with Gasteiger partial charge in [-0.05, 0) is 18.1 Å². The number of nitrogens with zero attached hydrogens (tertiary/aromatic N) is 1. The van der Waals surface area contributed by atoms with Gasteiger partial charge in [-0.15, -0.1) is 0 Å². The lowest BCUT2D eigenvalue weighted by Crippen LogP contribution is -2.28. The zero-order chi connectivity index (χ0) is 14.3. The number of ether oxygens (including phenoxy) is 1. The van der Waals surface area contributed by atoms with Crippen LogP contribution in [0.15, 0.2) is 23.2 Å². The minimum absolute atomic E-state index is 0.0929. The van der Waals surface area contributed by atoms with E-state index in [1.165, 1.54) is 18.3 Å². The molecule has 8 heteroatoms. The van der Waals surface area contributed by atoms with E-state index in [4.69, 9.17) is 10.6 Å². The molecule has 0 unspecified atom stereocenters. The van der Waals surface area contributed by atoms with Crippen molar-refractivity contribution in [1.82, 2.24) is 9.71 Å². The van der Waals surface area contributed by atoms with E-state index in [1.807, 2.05) is 13.8 Å². The number of nitrogens with two attached hydrogens (primary N) is 1. The Balaban J connectivity index is 2.46. The van der Waals surface area contributed by atoms with Gasteiger partial charge in [0, 0.05) is 19.3 Å². The minimum Gasteiger partial charge on any atom is -0.380 e. The van der Waals surface area contributed by atoms with E-state index < -0.39 is 10.0 Å². The van der Waals surface area contributed by atoms with Crippen LogP contribution in [0.5, 0.6) is 0 Å². The van der Waals surface area contributed by atoms with Crippen molar-refractivity contribution in [2.45, 2.75) is 18.7 Å². The Labute approximate surface area is 113 Å². The maximum atomic E-state index is 11.9. The van der Waals surface area contributed by atoms with Gasteiger partial charge in [0.15, 0.2) is 0 Å². The van der Waals surface area contributed by atoms with Crippen molar-refractivity contribution in [2.75, 3.05) is 25.2 Å². The number of hydrazine groups is 1. The Kier molecular flexibility index (Phi) is 6.16. The minimum atomic E-state index is -3.55. The lowest BCUT2D eigenvalue weighted by molar-refractivity contribution is 0.114. The van der Waals surface area contributed by atoms with Crippen LogP contribution in [0.1, 0.15) is 13.8 Å². The van der Waals surface area contributed by atoms with E-state index in [1.54, 1.807) is 0 Å². The largest absolute Gasteiger partial charge is 0.380 e. The van der Waals surface area contributed by atoms with Crippen LogP contribution in [-0.4, -0.2) is 33.2 Å². The third kappa shape index (κ3) is 5.52. The van der Waals surface area contributed by atoms with E-state index in [2.05, 4.69) is 15.1 Å². The van der Waals surface area contributed by atoms with Crippen LogP contribution in [0.2, 0.25) is 0 Å². The fraction of sp³-hybridized carbons (Fsp3) is 0.545. The molecule has 0 aliphatic carbocycles. The summed E-state index contributed by atoms with van der Waals surface area (Å²) in [4.78, 5) is 3.94. The lowest BCUT2D eigenvalue weighted by Gasteiger charge is -2.09. The quantitative estimate of drug-likeness (QED) is 0.361. The van der Waals surface area contributed by atoms with Crippen molar-refractivity contribution < 1.29 is 13.2 Å². The number of hydrogen-bond acceptors (Lipinski definition) is 6. The molecule has 19 heavy (non-hydrogen) atoms. The first-order chi connectivity index (χ1) is 8.95. The van der Waals surface area contributed by atoms with Crippen LogP contribution in [0.25, 0.3) is 0 Å². The predicted molar refractivity (Wildman–Crippen MR) is 72.9 cm³/mol. The highest BCUT2D eigenvalue weighted by Crippen LogP contribution is 2.09.